The Balaban J connectivity index is 2.15. The number of halogens is 1. The maximum atomic E-state index is 8.77. The second-order valence-electron chi connectivity index (χ2n) is 4.18. The first-order valence-corrected chi connectivity index (χ1v) is 7.24. The molecular formula is C16H14BrNO2. The molecule has 2 rings (SSSR count). The number of methoxy groups -OCH3 is 1. The number of alkyl halides is 1. The summed E-state index contributed by atoms with van der Waals surface area (Å²) in [5.74, 6) is 1.46. The van der Waals surface area contributed by atoms with Crippen LogP contribution in [0, 0.1) is 11.3 Å². The van der Waals surface area contributed by atoms with E-state index in [9.17, 15) is 0 Å². The van der Waals surface area contributed by atoms with Gasteiger partial charge in [-0.1, -0.05) is 40.2 Å². The number of rotatable bonds is 5. The van der Waals surface area contributed by atoms with Gasteiger partial charge in [0, 0.05) is 10.9 Å². The molecule has 102 valence electrons. The van der Waals surface area contributed by atoms with Crippen molar-refractivity contribution in [3.8, 4) is 17.6 Å². The lowest BCUT2D eigenvalue weighted by atomic mass is 10.1. The summed E-state index contributed by atoms with van der Waals surface area (Å²) in [5, 5.41) is 9.47. The van der Waals surface area contributed by atoms with Gasteiger partial charge in [-0.15, -0.1) is 0 Å². The van der Waals surface area contributed by atoms with Gasteiger partial charge < -0.3 is 9.47 Å². The molecule has 0 saturated carbocycles. The second kappa shape index (κ2) is 6.97. The van der Waals surface area contributed by atoms with Gasteiger partial charge in [0.15, 0.2) is 11.5 Å². The lowest BCUT2D eigenvalue weighted by Gasteiger charge is -2.14. The molecule has 4 heteroatoms. The fraction of sp³-hybridized carbons (Fsp3) is 0.188. The Hall–Kier alpha value is -1.99. The van der Waals surface area contributed by atoms with E-state index in [-0.39, 0.29) is 0 Å². The third-order valence-corrected chi connectivity index (χ3v) is 3.49. The number of ether oxygens (including phenoxy) is 2. The lowest BCUT2D eigenvalue weighted by molar-refractivity contribution is 0.282. The fourth-order valence-electron chi connectivity index (χ4n) is 1.82. The number of hydrogen-bond acceptors (Lipinski definition) is 3. The Morgan fingerprint density at radius 2 is 1.90 bits per heavy atom. The van der Waals surface area contributed by atoms with Crippen LogP contribution in [0.4, 0.5) is 0 Å². The maximum absolute atomic E-state index is 8.77. The minimum atomic E-state index is 0.437. The average molecular weight is 332 g/mol. The van der Waals surface area contributed by atoms with E-state index in [2.05, 4.69) is 22.0 Å². The van der Waals surface area contributed by atoms with Gasteiger partial charge >= 0.3 is 0 Å². The quantitative estimate of drug-likeness (QED) is 0.776. The first-order valence-electron chi connectivity index (χ1n) is 6.12. The molecule has 0 fully saturated rings. The predicted molar refractivity (Wildman–Crippen MR) is 81.1 cm³/mol. The molecule has 0 bridgehead atoms. The molecule has 0 atom stereocenters. The minimum absolute atomic E-state index is 0.437. The van der Waals surface area contributed by atoms with Crippen molar-refractivity contribution < 1.29 is 9.47 Å². The highest BCUT2D eigenvalue weighted by Crippen LogP contribution is 2.33. The summed E-state index contributed by atoms with van der Waals surface area (Å²) in [4.78, 5) is 0. The van der Waals surface area contributed by atoms with Crippen LogP contribution in [-0.4, -0.2) is 7.11 Å². The number of nitrogens with zero attached hydrogens (tertiary/aromatic N) is 1. The number of nitriles is 1. The third-order valence-electron chi connectivity index (χ3n) is 2.89. The van der Waals surface area contributed by atoms with Crippen molar-refractivity contribution in [1.82, 2.24) is 0 Å². The van der Waals surface area contributed by atoms with Gasteiger partial charge in [0.2, 0.25) is 0 Å². The first-order chi connectivity index (χ1) is 9.78. The molecule has 2 aromatic rings. The van der Waals surface area contributed by atoms with Gasteiger partial charge in [0.25, 0.3) is 0 Å². The molecule has 0 amide bonds. The van der Waals surface area contributed by atoms with Crippen molar-refractivity contribution in [3.63, 3.8) is 0 Å². The molecule has 0 saturated heterocycles. The van der Waals surface area contributed by atoms with E-state index in [0.29, 0.717) is 17.5 Å². The highest BCUT2D eigenvalue weighted by Gasteiger charge is 2.09. The molecule has 0 unspecified atom stereocenters. The first kappa shape index (κ1) is 14.4. The zero-order valence-corrected chi connectivity index (χ0v) is 12.7. The van der Waals surface area contributed by atoms with Crippen LogP contribution < -0.4 is 9.47 Å². The van der Waals surface area contributed by atoms with Crippen molar-refractivity contribution in [1.29, 1.82) is 5.26 Å². The molecule has 2 aromatic carbocycles. The Kier molecular flexibility index (Phi) is 5.03. The Morgan fingerprint density at radius 3 is 2.50 bits per heavy atom. The number of para-hydroxylation sites is 1. The van der Waals surface area contributed by atoms with E-state index in [4.69, 9.17) is 14.7 Å². The number of benzene rings is 2. The summed E-state index contributed by atoms with van der Waals surface area (Å²) >= 11 is 3.45. The van der Waals surface area contributed by atoms with E-state index >= 15 is 0 Å². The van der Waals surface area contributed by atoms with E-state index in [0.717, 1.165) is 22.6 Å². The van der Waals surface area contributed by atoms with Crippen molar-refractivity contribution >= 4 is 15.9 Å². The normalized spacial score (nSPS) is 9.85. The molecule has 0 aliphatic carbocycles. The van der Waals surface area contributed by atoms with Crippen LogP contribution in [0.5, 0.6) is 11.5 Å². The summed E-state index contributed by atoms with van der Waals surface area (Å²) in [6.07, 6.45) is 0. The summed E-state index contributed by atoms with van der Waals surface area (Å²) in [6.45, 7) is 0.437. The zero-order valence-electron chi connectivity index (χ0n) is 11.1. The molecular weight excluding hydrogens is 318 g/mol. The van der Waals surface area contributed by atoms with Gasteiger partial charge in [0.05, 0.1) is 18.7 Å². The highest BCUT2D eigenvalue weighted by atomic mass is 79.9. The van der Waals surface area contributed by atoms with Crippen LogP contribution in [0.1, 0.15) is 16.7 Å². The molecule has 0 heterocycles. The minimum Gasteiger partial charge on any atom is -0.493 e. The van der Waals surface area contributed by atoms with Crippen LogP contribution in [-0.2, 0) is 11.9 Å². The van der Waals surface area contributed by atoms with E-state index in [1.807, 2.05) is 30.3 Å². The fourth-order valence-corrected chi connectivity index (χ4v) is 2.26. The predicted octanol–water partition coefficient (Wildman–Crippen LogP) is 4.04. The Labute approximate surface area is 126 Å². The molecule has 0 aliphatic heterocycles. The van der Waals surface area contributed by atoms with Crippen molar-refractivity contribution in [2.45, 2.75) is 11.9 Å². The third kappa shape index (κ3) is 3.31. The summed E-state index contributed by atoms with van der Waals surface area (Å²) in [5.41, 5.74) is 2.70. The van der Waals surface area contributed by atoms with E-state index in [1.165, 1.54) is 0 Å². The standard InChI is InChI=1S/C16H14BrNO2/c1-19-15-4-2-3-14(9-17)16(15)20-11-13-7-5-12(10-18)6-8-13/h2-8H,9,11H2,1H3. The molecule has 0 aromatic heterocycles. The maximum Gasteiger partial charge on any atom is 0.165 e. The van der Waals surface area contributed by atoms with Gasteiger partial charge in [-0.3, -0.25) is 0 Å². The smallest absolute Gasteiger partial charge is 0.165 e. The van der Waals surface area contributed by atoms with Crippen LogP contribution in [0.3, 0.4) is 0 Å². The molecule has 0 spiro atoms. The van der Waals surface area contributed by atoms with Crippen molar-refractivity contribution in [2.75, 3.05) is 7.11 Å². The Bertz CT molecular complexity index is 595. The largest absolute Gasteiger partial charge is 0.493 e. The molecule has 0 aliphatic rings. The van der Waals surface area contributed by atoms with Crippen LogP contribution in [0.15, 0.2) is 42.5 Å². The number of hydrogen-bond donors (Lipinski definition) is 0. The van der Waals surface area contributed by atoms with Gasteiger partial charge in [-0.2, -0.15) is 5.26 Å². The molecule has 0 N–H and O–H groups in total. The molecule has 20 heavy (non-hydrogen) atoms. The monoisotopic (exact) mass is 331 g/mol. The van der Waals surface area contributed by atoms with Crippen molar-refractivity contribution in [2.24, 2.45) is 0 Å². The summed E-state index contributed by atoms with van der Waals surface area (Å²) in [6, 6.07) is 15.2. The summed E-state index contributed by atoms with van der Waals surface area (Å²) < 4.78 is 11.2. The van der Waals surface area contributed by atoms with Gasteiger partial charge in [0.1, 0.15) is 6.61 Å². The average Bonchev–Trinajstić information content (AvgIpc) is 2.52. The van der Waals surface area contributed by atoms with Gasteiger partial charge in [-0.05, 0) is 23.8 Å². The summed E-state index contributed by atoms with van der Waals surface area (Å²) in [7, 11) is 1.63. The topological polar surface area (TPSA) is 42.2 Å². The SMILES string of the molecule is COc1cccc(CBr)c1OCc1ccc(C#N)cc1. The van der Waals surface area contributed by atoms with Crippen molar-refractivity contribution in [3.05, 3.63) is 59.2 Å². The second-order valence-corrected chi connectivity index (χ2v) is 4.74. The lowest BCUT2D eigenvalue weighted by Crippen LogP contribution is -2.00. The van der Waals surface area contributed by atoms with Gasteiger partial charge in [-0.25, -0.2) is 0 Å². The molecule has 0 radical (unpaired) electrons. The van der Waals surface area contributed by atoms with Crippen LogP contribution >= 0.6 is 15.9 Å². The van der Waals surface area contributed by atoms with Crippen LogP contribution in [0.25, 0.3) is 0 Å². The van der Waals surface area contributed by atoms with E-state index in [1.54, 1.807) is 19.2 Å². The zero-order chi connectivity index (χ0) is 14.4. The van der Waals surface area contributed by atoms with Crippen LogP contribution in [0.2, 0.25) is 0 Å². The van der Waals surface area contributed by atoms with E-state index < -0.39 is 0 Å². The molecule has 3 nitrogen and oxygen atoms in total. The Morgan fingerprint density at radius 1 is 1.15 bits per heavy atom. The highest BCUT2D eigenvalue weighted by molar-refractivity contribution is 9.08.